The zero-order chi connectivity index (χ0) is 27.7. The first-order chi connectivity index (χ1) is 18.8. The lowest BCUT2D eigenvalue weighted by Gasteiger charge is -2.45. The first-order valence-electron chi connectivity index (χ1n) is 13.9. The van der Waals surface area contributed by atoms with Crippen molar-refractivity contribution in [3.63, 3.8) is 0 Å². The number of nitrogens with zero attached hydrogens (tertiary/aromatic N) is 5. The van der Waals surface area contributed by atoms with E-state index in [0.717, 1.165) is 49.3 Å². The second-order valence-corrected chi connectivity index (χ2v) is 11.1. The topological polar surface area (TPSA) is 75.5 Å². The summed E-state index contributed by atoms with van der Waals surface area (Å²) in [6.07, 6.45) is 9.29. The van der Waals surface area contributed by atoms with E-state index >= 15 is 0 Å². The largest absolute Gasteiger partial charge is 0.491 e. The number of aromatic nitrogens is 3. The molecule has 1 unspecified atom stereocenters. The lowest BCUT2D eigenvalue weighted by molar-refractivity contribution is 0.0582. The molecule has 3 heterocycles. The molecular formula is C30H39FN6O2. The van der Waals surface area contributed by atoms with Gasteiger partial charge >= 0.3 is 0 Å². The van der Waals surface area contributed by atoms with Crippen LogP contribution < -0.4 is 10.1 Å². The summed E-state index contributed by atoms with van der Waals surface area (Å²) in [6.45, 7) is 6.17. The van der Waals surface area contributed by atoms with Crippen molar-refractivity contribution in [2.24, 2.45) is 0 Å². The molecule has 9 heteroatoms. The van der Waals surface area contributed by atoms with Gasteiger partial charge in [-0.2, -0.15) is 0 Å². The molecule has 208 valence electrons. The monoisotopic (exact) mass is 534 g/mol. The molecule has 1 atom stereocenters. The Balaban J connectivity index is 1.60. The smallest absolute Gasteiger partial charge is 0.254 e. The van der Waals surface area contributed by atoms with E-state index in [2.05, 4.69) is 51.0 Å². The van der Waals surface area contributed by atoms with E-state index in [4.69, 9.17) is 4.74 Å². The molecule has 1 aliphatic heterocycles. The van der Waals surface area contributed by atoms with Crippen LogP contribution in [0.25, 0.3) is 0 Å². The van der Waals surface area contributed by atoms with Gasteiger partial charge in [-0.3, -0.25) is 9.78 Å². The van der Waals surface area contributed by atoms with Gasteiger partial charge in [0.1, 0.15) is 0 Å². The van der Waals surface area contributed by atoms with Crippen molar-refractivity contribution >= 4 is 11.9 Å². The second kappa shape index (κ2) is 11.0. The number of carbonyl (C=O) groups is 1. The third kappa shape index (κ3) is 5.12. The Bertz CT molecular complexity index is 1350. The SMILES string of the molecule is CCOc1cc(C(C)N2CC3(CCCC3)c3c(CN(C)C)cc(Cn4ccnc4NC)cc3C2=O)ncc1F. The van der Waals surface area contributed by atoms with Crippen molar-refractivity contribution in [2.75, 3.05) is 39.6 Å². The van der Waals surface area contributed by atoms with Gasteiger partial charge in [-0.25, -0.2) is 9.37 Å². The molecule has 1 fully saturated rings. The summed E-state index contributed by atoms with van der Waals surface area (Å²) in [6, 6.07) is 5.67. The van der Waals surface area contributed by atoms with Crippen molar-refractivity contribution in [1.82, 2.24) is 24.3 Å². The Hall–Kier alpha value is -3.46. The zero-order valence-corrected chi connectivity index (χ0v) is 23.6. The van der Waals surface area contributed by atoms with Crippen LogP contribution in [-0.4, -0.2) is 64.5 Å². The number of rotatable bonds is 9. The Kier molecular flexibility index (Phi) is 7.62. The highest BCUT2D eigenvalue weighted by atomic mass is 19.1. The molecule has 1 aromatic carbocycles. The molecule has 8 nitrogen and oxygen atoms in total. The molecule has 39 heavy (non-hydrogen) atoms. The van der Waals surface area contributed by atoms with E-state index in [1.165, 1.54) is 17.3 Å². The normalized spacial score (nSPS) is 17.1. The van der Waals surface area contributed by atoms with Gasteiger partial charge < -0.3 is 24.4 Å². The van der Waals surface area contributed by atoms with Gasteiger partial charge in [-0.15, -0.1) is 0 Å². The summed E-state index contributed by atoms with van der Waals surface area (Å²) in [4.78, 5) is 27.2. The molecule has 1 amide bonds. The maximum atomic E-state index is 14.3. The molecular weight excluding hydrogens is 495 g/mol. The number of hydrogen-bond donors (Lipinski definition) is 1. The number of anilines is 1. The molecule has 2 aromatic heterocycles. The number of benzene rings is 1. The fourth-order valence-corrected chi connectivity index (χ4v) is 6.48. The number of ether oxygens (including phenoxy) is 1. The number of amides is 1. The molecule has 1 spiro atoms. The van der Waals surface area contributed by atoms with E-state index in [1.807, 2.05) is 32.0 Å². The van der Waals surface area contributed by atoms with Crippen LogP contribution in [0.5, 0.6) is 5.75 Å². The molecule has 0 bridgehead atoms. The highest BCUT2D eigenvalue weighted by Gasteiger charge is 2.47. The van der Waals surface area contributed by atoms with Gasteiger partial charge in [-0.1, -0.05) is 18.9 Å². The molecule has 2 aliphatic rings. The molecule has 1 aliphatic carbocycles. The van der Waals surface area contributed by atoms with Crippen molar-refractivity contribution < 1.29 is 13.9 Å². The minimum atomic E-state index is -0.492. The van der Waals surface area contributed by atoms with Gasteiger partial charge in [-0.05, 0) is 63.5 Å². The van der Waals surface area contributed by atoms with E-state index in [9.17, 15) is 9.18 Å². The number of carbonyl (C=O) groups excluding carboxylic acids is 1. The van der Waals surface area contributed by atoms with Gasteiger partial charge in [0.25, 0.3) is 5.91 Å². The van der Waals surface area contributed by atoms with Crippen LogP contribution in [0.2, 0.25) is 0 Å². The van der Waals surface area contributed by atoms with Crippen LogP contribution >= 0.6 is 0 Å². The third-order valence-electron chi connectivity index (χ3n) is 8.15. The van der Waals surface area contributed by atoms with Crippen LogP contribution in [0, 0.1) is 5.82 Å². The van der Waals surface area contributed by atoms with Crippen molar-refractivity contribution in [3.05, 3.63) is 70.6 Å². The molecule has 0 saturated heterocycles. The van der Waals surface area contributed by atoms with Crippen LogP contribution in [0.3, 0.4) is 0 Å². The molecule has 5 rings (SSSR count). The summed E-state index contributed by atoms with van der Waals surface area (Å²) in [7, 11) is 6.01. The minimum absolute atomic E-state index is 0.000405. The van der Waals surface area contributed by atoms with Crippen LogP contribution in [0.1, 0.15) is 78.3 Å². The van der Waals surface area contributed by atoms with Crippen LogP contribution in [0.15, 0.2) is 36.8 Å². The average Bonchev–Trinajstić information content (AvgIpc) is 3.56. The maximum Gasteiger partial charge on any atom is 0.254 e. The van der Waals surface area contributed by atoms with E-state index in [1.54, 1.807) is 12.3 Å². The number of halogens is 1. The summed E-state index contributed by atoms with van der Waals surface area (Å²) < 4.78 is 21.8. The van der Waals surface area contributed by atoms with E-state index in [-0.39, 0.29) is 23.1 Å². The Morgan fingerprint density at radius 3 is 2.67 bits per heavy atom. The predicted molar refractivity (Wildman–Crippen MR) is 150 cm³/mol. The first kappa shape index (κ1) is 27.1. The van der Waals surface area contributed by atoms with Gasteiger partial charge in [0.15, 0.2) is 11.6 Å². The second-order valence-electron chi connectivity index (χ2n) is 11.1. The van der Waals surface area contributed by atoms with Crippen molar-refractivity contribution in [1.29, 1.82) is 0 Å². The van der Waals surface area contributed by atoms with Crippen molar-refractivity contribution in [3.8, 4) is 5.75 Å². The third-order valence-corrected chi connectivity index (χ3v) is 8.15. The highest BCUT2D eigenvalue weighted by molar-refractivity contribution is 5.98. The van der Waals surface area contributed by atoms with Crippen LogP contribution in [0.4, 0.5) is 10.3 Å². The van der Waals surface area contributed by atoms with Gasteiger partial charge in [0.2, 0.25) is 5.95 Å². The molecule has 3 aromatic rings. The number of hydrogen-bond acceptors (Lipinski definition) is 6. The predicted octanol–water partition coefficient (Wildman–Crippen LogP) is 5.00. The number of imidazole rings is 1. The molecule has 0 radical (unpaired) electrons. The lowest BCUT2D eigenvalue weighted by Crippen LogP contribution is -2.50. The minimum Gasteiger partial charge on any atom is -0.491 e. The fourth-order valence-electron chi connectivity index (χ4n) is 6.48. The summed E-state index contributed by atoms with van der Waals surface area (Å²) in [5.74, 6) is 0.462. The summed E-state index contributed by atoms with van der Waals surface area (Å²) >= 11 is 0. The molecule has 1 N–H and O–H groups in total. The van der Waals surface area contributed by atoms with Gasteiger partial charge in [0.05, 0.1) is 31.1 Å². The zero-order valence-electron chi connectivity index (χ0n) is 23.6. The molecule has 1 saturated carbocycles. The van der Waals surface area contributed by atoms with E-state index < -0.39 is 5.82 Å². The average molecular weight is 535 g/mol. The van der Waals surface area contributed by atoms with E-state index in [0.29, 0.717) is 25.4 Å². The quantitative estimate of drug-likeness (QED) is 0.417. The van der Waals surface area contributed by atoms with Crippen LogP contribution in [-0.2, 0) is 18.5 Å². The number of fused-ring (bicyclic) bond motifs is 2. The number of nitrogens with one attached hydrogen (secondary N) is 1. The standard InChI is InChI=1S/C30H39FN6O2/c1-6-39-26-15-25(34-16-24(26)31)20(2)37-19-30(9-7-8-10-30)27-22(18-35(4)5)13-21(14-23(27)28(37)38)17-36-12-11-33-29(36)32-3/h11-16,20H,6-10,17-19H2,1-5H3,(H,32,33). The first-order valence-corrected chi connectivity index (χ1v) is 13.9. The highest BCUT2D eigenvalue weighted by Crippen LogP contribution is 2.49. The Labute approximate surface area is 230 Å². The summed E-state index contributed by atoms with van der Waals surface area (Å²) in [5, 5.41) is 3.14. The van der Waals surface area contributed by atoms with Gasteiger partial charge in [0, 0.05) is 49.6 Å². The number of pyridine rings is 1. The lowest BCUT2D eigenvalue weighted by atomic mass is 9.70. The maximum absolute atomic E-state index is 14.3. The fraction of sp³-hybridized carbons (Fsp3) is 0.500. The summed E-state index contributed by atoms with van der Waals surface area (Å²) in [5.41, 5.74) is 4.81. The Morgan fingerprint density at radius 2 is 1.97 bits per heavy atom. The Morgan fingerprint density at radius 1 is 1.21 bits per heavy atom. The van der Waals surface area contributed by atoms with Crippen molar-refractivity contribution in [2.45, 2.75) is 64.1 Å².